The molecule has 1 aliphatic rings. The number of carbonyl (C=O) groups is 2. The van der Waals surface area contributed by atoms with Gasteiger partial charge in [0.1, 0.15) is 11.5 Å². The topological polar surface area (TPSA) is 52.6 Å². The Morgan fingerprint density at radius 2 is 1.77 bits per heavy atom. The lowest BCUT2D eigenvalue weighted by Crippen LogP contribution is -2.12. The number of rotatable bonds is 4. The van der Waals surface area contributed by atoms with E-state index in [0.717, 1.165) is 15.6 Å². The van der Waals surface area contributed by atoms with Gasteiger partial charge in [0.25, 0.3) is 0 Å². The zero-order chi connectivity index (χ0) is 21.3. The minimum atomic E-state index is -0.407. The van der Waals surface area contributed by atoms with Gasteiger partial charge in [-0.2, -0.15) is 0 Å². The van der Waals surface area contributed by atoms with Gasteiger partial charge in [0.2, 0.25) is 5.78 Å². The molecule has 4 rings (SSSR count). The summed E-state index contributed by atoms with van der Waals surface area (Å²) in [4.78, 5) is 25.0. The van der Waals surface area contributed by atoms with Crippen molar-refractivity contribution in [3.8, 4) is 11.5 Å². The van der Waals surface area contributed by atoms with E-state index in [1.807, 2.05) is 24.3 Å². The van der Waals surface area contributed by atoms with Crippen LogP contribution < -0.4 is 9.47 Å². The molecule has 0 bridgehead atoms. The molecule has 0 aliphatic carbocycles. The van der Waals surface area contributed by atoms with Crippen molar-refractivity contribution in [1.82, 2.24) is 0 Å². The zero-order valence-corrected chi connectivity index (χ0v) is 18.3. The maximum absolute atomic E-state index is 12.7. The largest absolute Gasteiger partial charge is 0.452 e. The molecule has 1 heterocycles. The van der Waals surface area contributed by atoms with Crippen LogP contribution in [0.5, 0.6) is 11.5 Å². The Bertz CT molecular complexity index is 1170. The third kappa shape index (κ3) is 4.32. The van der Waals surface area contributed by atoms with Gasteiger partial charge in [-0.15, -0.1) is 0 Å². The lowest BCUT2D eigenvalue weighted by atomic mass is 10.1. The van der Waals surface area contributed by atoms with Crippen LogP contribution >= 0.6 is 27.5 Å². The van der Waals surface area contributed by atoms with E-state index in [1.54, 1.807) is 49.4 Å². The van der Waals surface area contributed by atoms with Crippen molar-refractivity contribution in [2.24, 2.45) is 0 Å². The lowest BCUT2D eigenvalue weighted by Gasteiger charge is -2.10. The van der Waals surface area contributed by atoms with Gasteiger partial charge in [-0.25, -0.2) is 0 Å². The molecule has 0 fully saturated rings. The Morgan fingerprint density at radius 1 is 1.07 bits per heavy atom. The standard InChI is InChI=1S/C24H16BrClO4/c1-14-20(29-22(27)13-16-4-8-18(26)9-5-16)11-10-19-23(28)21(30-24(14)19)12-15-2-6-17(25)7-3-15/h2-12H,13H2,1H3/b21-12-. The molecule has 4 nitrogen and oxygen atoms in total. The average Bonchev–Trinajstić information content (AvgIpc) is 3.04. The fourth-order valence-electron chi connectivity index (χ4n) is 3.12. The molecule has 3 aromatic carbocycles. The molecule has 6 heteroatoms. The molecule has 0 aromatic heterocycles. The maximum Gasteiger partial charge on any atom is 0.315 e. The summed E-state index contributed by atoms with van der Waals surface area (Å²) in [6, 6.07) is 17.8. The Labute approximate surface area is 187 Å². The number of esters is 1. The van der Waals surface area contributed by atoms with Gasteiger partial charge in [0, 0.05) is 15.1 Å². The third-order valence-electron chi connectivity index (χ3n) is 4.69. The molecule has 0 spiro atoms. The van der Waals surface area contributed by atoms with Gasteiger partial charge in [-0.3, -0.25) is 9.59 Å². The Kier molecular flexibility index (Phi) is 5.75. The number of allylic oxidation sites excluding steroid dienone is 1. The van der Waals surface area contributed by atoms with Crippen LogP contribution in [0.3, 0.4) is 0 Å². The second-order valence-electron chi connectivity index (χ2n) is 6.83. The van der Waals surface area contributed by atoms with E-state index in [2.05, 4.69) is 15.9 Å². The van der Waals surface area contributed by atoms with Gasteiger partial charge >= 0.3 is 5.97 Å². The fourth-order valence-corrected chi connectivity index (χ4v) is 3.51. The van der Waals surface area contributed by atoms with E-state index >= 15 is 0 Å². The number of carbonyl (C=O) groups excluding carboxylic acids is 2. The van der Waals surface area contributed by atoms with Crippen molar-refractivity contribution in [2.75, 3.05) is 0 Å². The number of fused-ring (bicyclic) bond motifs is 1. The van der Waals surface area contributed by atoms with E-state index in [1.165, 1.54) is 0 Å². The van der Waals surface area contributed by atoms with Crippen LogP contribution in [0.25, 0.3) is 6.08 Å². The number of hydrogen-bond acceptors (Lipinski definition) is 4. The average molecular weight is 484 g/mol. The molecule has 0 unspecified atom stereocenters. The zero-order valence-electron chi connectivity index (χ0n) is 15.9. The predicted molar refractivity (Wildman–Crippen MR) is 119 cm³/mol. The number of halogens is 2. The second-order valence-corrected chi connectivity index (χ2v) is 8.19. The summed E-state index contributed by atoms with van der Waals surface area (Å²) in [6.07, 6.45) is 1.81. The normalized spacial score (nSPS) is 13.8. The molecular formula is C24H16BrClO4. The first kappa shape index (κ1) is 20.4. The van der Waals surface area contributed by atoms with Gasteiger partial charge in [0.05, 0.1) is 12.0 Å². The van der Waals surface area contributed by atoms with Crippen LogP contribution in [0.15, 0.2) is 70.9 Å². The molecule has 0 N–H and O–H groups in total. The summed E-state index contributed by atoms with van der Waals surface area (Å²) in [5, 5.41) is 0.607. The van der Waals surface area contributed by atoms with E-state index in [9.17, 15) is 9.59 Å². The molecule has 0 saturated carbocycles. The van der Waals surface area contributed by atoms with Crippen LogP contribution in [-0.4, -0.2) is 11.8 Å². The van der Waals surface area contributed by atoms with E-state index in [0.29, 0.717) is 27.6 Å². The van der Waals surface area contributed by atoms with Crippen molar-refractivity contribution >= 4 is 45.4 Å². The van der Waals surface area contributed by atoms with Crippen molar-refractivity contribution < 1.29 is 19.1 Å². The SMILES string of the molecule is Cc1c(OC(=O)Cc2ccc(Cl)cc2)ccc2c1O/C(=C\c1ccc(Br)cc1)C2=O. The van der Waals surface area contributed by atoms with Crippen LogP contribution in [-0.2, 0) is 11.2 Å². The summed E-state index contributed by atoms with van der Waals surface area (Å²) in [7, 11) is 0. The molecule has 30 heavy (non-hydrogen) atoms. The van der Waals surface area contributed by atoms with Crippen LogP contribution in [0, 0.1) is 6.92 Å². The van der Waals surface area contributed by atoms with Gasteiger partial charge < -0.3 is 9.47 Å². The Balaban J connectivity index is 1.53. The highest BCUT2D eigenvalue weighted by atomic mass is 79.9. The summed E-state index contributed by atoms with van der Waals surface area (Å²) in [6.45, 7) is 1.76. The maximum atomic E-state index is 12.7. The number of benzene rings is 3. The third-order valence-corrected chi connectivity index (χ3v) is 5.47. The fraction of sp³-hybridized carbons (Fsp3) is 0.0833. The van der Waals surface area contributed by atoms with E-state index in [4.69, 9.17) is 21.1 Å². The van der Waals surface area contributed by atoms with Crippen LogP contribution in [0.1, 0.15) is 27.0 Å². The quantitative estimate of drug-likeness (QED) is 0.253. The molecule has 1 aliphatic heterocycles. The minimum absolute atomic E-state index is 0.113. The van der Waals surface area contributed by atoms with Crippen molar-refractivity contribution in [2.45, 2.75) is 13.3 Å². The highest BCUT2D eigenvalue weighted by Crippen LogP contribution is 2.39. The number of ether oxygens (including phenoxy) is 2. The first-order valence-electron chi connectivity index (χ1n) is 9.19. The number of hydrogen-bond donors (Lipinski definition) is 0. The highest BCUT2D eigenvalue weighted by Gasteiger charge is 2.30. The number of ketones is 1. The van der Waals surface area contributed by atoms with E-state index in [-0.39, 0.29) is 18.0 Å². The molecular weight excluding hydrogens is 468 g/mol. The monoisotopic (exact) mass is 482 g/mol. The molecule has 0 atom stereocenters. The first-order chi connectivity index (χ1) is 14.4. The van der Waals surface area contributed by atoms with Gasteiger partial charge in [0.15, 0.2) is 5.76 Å². The van der Waals surface area contributed by atoms with Crippen LogP contribution in [0.2, 0.25) is 5.02 Å². The smallest absolute Gasteiger partial charge is 0.315 e. The minimum Gasteiger partial charge on any atom is -0.452 e. The molecule has 3 aromatic rings. The molecule has 0 amide bonds. The van der Waals surface area contributed by atoms with Gasteiger partial charge in [-0.1, -0.05) is 51.8 Å². The van der Waals surface area contributed by atoms with E-state index < -0.39 is 5.97 Å². The van der Waals surface area contributed by atoms with Gasteiger partial charge in [-0.05, 0) is 60.5 Å². The lowest BCUT2D eigenvalue weighted by molar-refractivity contribution is -0.133. The Hall–Kier alpha value is -2.89. The highest BCUT2D eigenvalue weighted by molar-refractivity contribution is 9.10. The molecule has 0 saturated heterocycles. The number of Topliss-reactive ketones (excluding diaryl/α,β-unsaturated/α-hetero) is 1. The van der Waals surface area contributed by atoms with Crippen molar-refractivity contribution in [1.29, 1.82) is 0 Å². The summed E-state index contributed by atoms with van der Waals surface area (Å²) >= 11 is 9.26. The van der Waals surface area contributed by atoms with Crippen molar-refractivity contribution in [3.63, 3.8) is 0 Å². The summed E-state index contributed by atoms with van der Waals surface area (Å²) in [5.74, 6) is 0.413. The van der Waals surface area contributed by atoms with Crippen molar-refractivity contribution in [3.05, 3.63) is 98.2 Å². The Morgan fingerprint density at radius 3 is 2.47 bits per heavy atom. The first-order valence-corrected chi connectivity index (χ1v) is 10.4. The summed E-state index contributed by atoms with van der Waals surface area (Å²) in [5.41, 5.74) is 2.70. The summed E-state index contributed by atoms with van der Waals surface area (Å²) < 4.78 is 12.3. The molecule has 0 radical (unpaired) electrons. The molecule has 150 valence electrons. The van der Waals surface area contributed by atoms with Crippen LogP contribution in [0.4, 0.5) is 0 Å². The second kappa shape index (κ2) is 8.46. The predicted octanol–water partition coefficient (Wildman–Crippen LogP) is 6.18.